The van der Waals surface area contributed by atoms with Crippen LogP contribution in [0.15, 0.2) is 23.1 Å². The van der Waals surface area contributed by atoms with Gasteiger partial charge in [-0.05, 0) is 31.0 Å². The number of nitrogens with zero attached hydrogens (tertiary/aromatic N) is 2. The predicted octanol–water partition coefficient (Wildman–Crippen LogP) is 0.651. The van der Waals surface area contributed by atoms with E-state index in [1.54, 1.807) is 4.90 Å². The van der Waals surface area contributed by atoms with Gasteiger partial charge in [0.25, 0.3) is 0 Å². The minimum absolute atomic E-state index is 0.0212. The number of hydrogen-bond donors (Lipinski definition) is 1. The summed E-state index contributed by atoms with van der Waals surface area (Å²) in [4.78, 5) is 13.4. The minimum Gasteiger partial charge on any atom is -0.399 e. The van der Waals surface area contributed by atoms with E-state index in [0.29, 0.717) is 13.1 Å². The number of nitrogen functional groups attached to an aromatic ring is 1. The normalized spacial score (nSPS) is 15.7. The third-order valence-corrected chi connectivity index (χ3v) is 5.20. The molecule has 0 radical (unpaired) electrons. The lowest BCUT2D eigenvalue weighted by molar-refractivity contribution is -0.130. The van der Waals surface area contributed by atoms with Gasteiger partial charge in [0, 0.05) is 25.8 Å². The molecule has 0 saturated carbocycles. The largest absolute Gasteiger partial charge is 0.399 e. The van der Waals surface area contributed by atoms with Crippen LogP contribution in [0.2, 0.25) is 0 Å². The number of hydrogen-bond acceptors (Lipinski definition) is 4. The maximum Gasteiger partial charge on any atom is 0.243 e. The standard InChI is InChI=1S/C13H18FN3O3S/c1-16(9-13(18)17-4-2-3-5-17)21(19,20)12-7-10(14)6-11(15)8-12/h6-8H,2-5,9,15H2,1H3. The number of carbonyl (C=O) groups is 1. The zero-order valence-corrected chi connectivity index (χ0v) is 12.6. The summed E-state index contributed by atoms with van der Waals surface area (Å²) in [6.07, 6.45) is 1.87. The van der Waals surface area contributed by atoms with Crippen LogP contribution in [-0.4, -0.2) is 50.2 Å². The third-order valence-electron chi connectivity index (χ3n) is 3.42. The molecule has 1 heterocycles. The van der Waals surface area contributed by atoms with E-state index < -0.39 is 15.8 Å². The van der Waals surface area contributed by atoms with Crippen LogP contribution in [0, 0.1) is 5.82 Å². The number of likely N-dealkylation sites (N-methyl/N-ethyl adjacent to an activating group) is 1. The molecule has 6 nitrogen and oxygen atoms in total. The quantitative estimate of drug-likeness (QED) is 0.827. The number of amides is 1. The molecule has 1 amide bonds. The van der Waals surface area contributed by atoms with Crippen molar-refractivity contribution < 1.29 is 17.6 Å². The van der Waals surface area contributed by atoms with Gasteiger partial charge in [-0.15, -0.1) is 0 Å². The van der Waals surface area contributed by atoms with Crippen molar-refractivity contribution in [1.82, 2.24) is 9.21 Å². The number of carbonyl (C=O) groups excluding carboxylic acids is 1. The summed E-state index contributed by atoms with van der Waals surface area (Å²) in [5.74, 6) is -0.976. The zero-order valence-electron chi connectivity index (χ0n) is 11.8. The van der Waals surface area contributed by atoms with Crippen molar-refractivity contribution in [2.45, 2.75) is 17.7 Å². The number of halogens is 1. The Bertz CT molecular complexity index is 622. The van der Waals surface area contributed by atoms with Crippen molar-refractivity contribution in [3.05, 3.63) is 24.0 Å². The van der Waals surface area contributed by atoms with Crippen LogP contribution in [0.1, 0.15) is 12.8 Å². The molecule has 0 aliphatic carbocycles. The van der Waals surface area contributed by atoms with E-state index in [-0.39, 0.29) is 23.0 Å². The van der Waals surface area contributed by atoms with E-state index in [2.05, 4.69) is 0 Å². The number of benzene rings is 1. The van der Waals surface area contributed by atoms with Crippen LogP contribution in [-0.2, 0) is 14.8 Å². The molecule has 2 N–H and O–H groups in total. The van der Waals surface area contributed by atoms with E-state index in [0.717, 1.165) is 29.3 Å². The van der Waals surface area contributed by atoms with Gasteiger partial charge in [0.2, 0.25) is 15.9 Å². The molecule has 0 aromatic heterocycles. The van der Waals surface area contributed by atoms with Crippen LogP contribution >= 0.6 is 0 Å². The first-order chi connectivity index (χ1) is 9.80. The summed E-state index contributed by atoms with van der Waals surface area (Å²) in [7, 11) is -2.65. The maximum absolute atomic E-state index is 13.3. The van der Waals surface area contributed by atoms with E-state index in [1.807, 2.05) is 0 Å². The summed E-state index contributed by atoms with van der Waals surface area (Å²) < 4.78 is 38.9. The van der Waals surface area contributed by atoms with E-state index in [4.69, 9.17) is 5.73 Å². The molecule has 21 heavy (non-hydrogen) atoms. The van der Waals surface area contributed by atoms with Gasteiger partial charge < -0.3 is 10.6 Å². The van der Waals surface area contributed by atoms with Crippen molar-refractivity contribution in [1.29, 1.82) is 0 Å². The highest BCUT2D eigenvalue weighted by Gasteiger charge is 2.27. The summed E-state index contributed by atoms with van der Waals surface area (Å²) in [5, 5.41) is 0. The summed E-state index contributed by atoms with van der Waals surface area (Å²) in [5.41, 5.74) is 5.48. The maximum atomic E-state index is 13.3. The topological polar surface area (TPSA) is 83.7 Å². The van der Waals surface area contributed by atoms with Gasteiger partial charge in [-0.2, -0.15) is 4.31 Å². The SMILES string of the molecule is CN(CC(=O)N1CCCC1)S(=O)(=O)c1cc(N)cc(F)c1. The number of nitrogens with two attached hydrogens (primary N) is 1. The molecule has 0 atom stereocenters. The fraction of sp³-hybridized carbons (Fsp3) is 0.462. The highest BCUT2D eigenvalue weighted by atomic mass is 32.2. The van der Waals surface area contributed by atoms with Gasteiger partial charge in [0.1, 0.15) is 5.82 Å². The van der Waals surface area contributed by atoms with Crippen molar-refractivity contribution >= 4 is 21.6 Å². The Morgan fingerprint density at radius 2 is 1.95 bits per heavy atom. The molecule has 116 valence electrons. The summed E-state index contributed by atoms with van der Waals surface area (Å²) in [6, 6.07) is 3.10. The van der Waals surface area contributed by atoms with Crippen molar-refractivity contribution in [3.8, 4) is 0 Å². The molecular formula is C13H18FN3O3S. The van der Waals surface area contributed by atoms with Crippen molar-refractivity contribution in [2.24, 2.45) is 0 Å². The molecule has 2 rings (SSSR count). The lowest BCUT2D eigenvalue weighted by Gasteiger charge is -2.21. The van der Waals surface area contributed by atoms with Gasteiger partial charge in [0.15, 0.2) is 0 Å². The fourth-order valence-corrected chi connectivity index (χ4v) is 3.44. The Hall–Kier alpha value is -1.67. The first-order valence-electron chi connectivity index (χ1n) is 6.61. The monoisotopic (exact) mass is 315 g/mol. The molecule has 1 aromatic rings. The first-order valence-corrected chi connectivity index (χ1v) is 8.05. The van der Waals surface area contributed by atoms with E-state index in [9.17, 15) is 17.6 Å². The molecule has 1 aromatic carbocycles. The van der Waals surface area contributed by atoms with Crippen LogP contribution in [0.5, 0.6) is 0 Å². The molecular weight excluding hydrogens is 297 g/mol. The molecule has 0 spiro atoms. The Balaban J connectivity index is 2.16. The number of sulfonamides is 1. The Labute approximate surface area is 123 Å². The van der Waals surface area contributed by atoms with Gasteiger partial charge in [0.05, 0.1) is 11.4 Å². The Kier molecular flexibility index (Phi) is 4.48. The van der Waals surface area contributed by atoms with Crippen molar-refractivity contribution in [3.63, 3.8) is 0 Å². The zero-order chi connectivity index (χ0) is 15.6. The average Bonchev–Trinajstić information content (AvgIpc) is 2.91. The second-order valence-corrected chi connectivity index (χ2v) is 7.11. The Morgan fingerprint density at radius 3 is 2.52 bits per heavy atom. The highest BCUT2D eigenvalue weighted by molar-refractivity contribution is 7.89. The van der Waals surface area contributed by atoms with E-state index in [1.165, 1.54) is 13.1 Å². The number of rotatable bonds is 4. The lowest BCUT2D eigenvalue weighted by Crippen LogP contribution is -2.39. The minimum atomic E-state index is -3.94. The molecule has 0 unspecified atom stereocenters. The molecule has 1 aliphatic rings. The molecule has 1 aliphatic heterocycles. The van der Waals surface area contributed by atoms with Crippen molar-refractivity contribution in [2.75, 3.05) is 32.4 Å². The molecule has 0 bridgehead atoms. The number of likely N-dealkylation sites (tertiary alicyclic amines) is 1. The smallest absolute Gasteiger partial charge is 0.243 e. The van der Waals surface area contributed by atoms with Crippen LogP contribution in [0.4, 0.5) is 10.1 Å². The molecule has 1 saturated heterocycles. The third kappa shape index (κ3) is 3.51. The predicted molar refractivity (Wildman–Crippen MR) is 76.4 cm³/mol. The van der Waals surface area contributed by atoms with E-state index >= 15 is 0 Å². The Morgan fingerprint density at radius 1 is 1.33 bits per heavy atom. The summed E-state index contributed by atoms with van der Waals surface area (Å²) in [6.45, 7) is 1.04. The van der Waals surface area contributed by atoms with Crippen LogP contribution < -0.4 is 5.73 Å². The number of anilines is 1. The van der Waals surface area contributed by atoms with Gasteiger partial charge in [-0.3, -0.25) is 4.79 Å². The fourth-order valence-electron chi connectivity index (χ4n) is 2.26. The average molecular weight is 315 g/mol. The van der Waals surface area contributed by atoms with Crippen LogP contribution in [0.3, 0.4) is 0 Å². The van der Waals surface area contributed by atoms with Gasteiger partial charge in [-0.25, -0.2) is 12.8 Å². The summed E-state index contributed by atoms with van der Waals surface area (Å²) >= 11 is 0. The van der Waals surface area contributed by atoms with Gasteiger partial charge >= 0.3 is 0 Å². The first kappa shape index (κ1) is 15.7. The second kappa shape index (κ2) is 5.98. The van der Waals surface area contributed by atoms with Crippen LogP contribution in [0.25, 0.3) is 0 Å². The lowest BCUT2D eigenvalue weighted by atomic mass is 10.3. The second-order valence-electron chi connectivity index (χ2n) is 5.07. The highest BCUT2D eigenvalue weighted by Crippen LogP contribution is 2.19. The molecule has 1 fully saturated rings. The van der Waals surface area contributed by atoms with Gasteiger partial charge in [-0.1, -0.05) is 0 Å². The molecule has 8 heteroatoms.